The molecule has 2 fully saturated rings. The Morgan fingerprint density at radius 3 is 2.43 bits per heavy atom. The van der Waals surface area contributed by atoms with E-state index in [1.165, 1.54) is 12.1 Å². The number of nitrogens with zero attached hydrogens (tertiary/aromatic N) is 3. The second-order valence-corrected chi connectivity index (χ2v) is 9.60. The van der Waals surface area contributed by atoms with E-state index in [4.69, 9.17) is 8.92 Å². The van der Waals surface area contributed by atoms with Gasteiger partial charge in [-0.15, -0.1) is 0 Å². The van der Waals surface area contributed by atoms with E-state index >= 15 is 0 Å². The standard InChI is InChI=1S/C19H27N3O7S/c1-20-9-7-15(8-10-20)18-11-17(29-30(2,26)27)12-21(18)19(23)28-13-14-3-5-16(6-4-14)22(24)25/h3-6,15,17-18H,7-13H2,1-2H3/t17-,18+/m1/s1. The number of likely N-dealkylation sites (tertiary alicyclic amines) is 2. The van der Waals surface area contributed by atoms with E-state index < -0.39 is 27.2 Å². The molecule has 1 amide bonds. The molecule has 3 rings (SSSR count). The summed E-state index contributed by atoms with van der Waals surface area (Å²) in [7, 11) is -1.58. The monoisotopic (exact) mass is 441 g/mol. The highest BCUT2D eigenvalue weighted by Crippen LogP contribution is 2.33. The summed E-state index contributed by atoms with van der Waals surface area (Å²) < 4.78 is 33.7. The lowest BCUT2D eigenvalue weighted by Gasteiger charge is -2.36. The average molecular weight is 442 g/mol. The number of amides is 1. The fourth-order valence-corrected chi connectivity index (χ4v) is 4.79. The molecule has 0 aliphatic carbocycles. The number of benzene rings is 1. The molecule has 0 aromatic heterocycles. The smallest absolute Gasteiger partial charge is 0.410 e. The van der Waals surface area contributed by atoms with Gasteiger partial charge in [0.15, 0.2) is 0 Å². The van der Waals surface area contributed by atoms with Crippen molar-refractivity contribution < 1.29 is 27.1 Å². The van der Waals surface area contributed by atoms with Crippen LogP contribution in [0.4, 0.5) is 10.5 Å². The Hall–Kier alpha value is -2.24. The highest BCUT2D eigenvalue weighted by atomic mass is 32.2. The summed E-state index contributed by atoms with van der Waals surface area (Å²) in [6, 6.07) is 5.65. The summed E-state index contributed by atoms with van der Waals surface area (Å²) in [4.78, 5) is 26.9. The van der Waals surface area contributed by atoms with E-state index in [9.17, 15) is 23.3 Å². The van der Waals surface area contributed by atoms with Gasteiger partial charge < -0.3 is 14.5 Å². The Labute approximate surface area is 176 Å². The maximum absolute atomic E-state index is 12.8. The fourth-order valence-electron chi connectivity index (χ4n) is 4.15. The van der Waals surface area contributed by atoms with Crippen LogP contribution in [0, 0.1) is 16.0 Å². The number of piperidine rings is 1. The number of hydrogen-bond donors (Lipinski definition) is 0. The minimum atomic E-state index is -3.63. The Balaban J connectivity index is 1.65. The van der Waals surface area contributed by atoms with Gasteiger partial charge in [0.2, 0.25) is 0 Å². The van der Waals surface area contributed by atoms with Crippen LogP contribution in [0.3, 0.4) is 0 Å². The molecule has 2 heterocycles. The Morgan fingerprint density at radius 1 is 1.23 bits per heavy atom. The van der Waals surface area contributed by atoms with E-state index in [0.29, 0.717) is 12.0 Å². The molecule has 0 bridgehead atoms. The first-order valence-electron chi connectivity index (χ1n) is 9.86. The Bertz CT molecular complexity index is 867. The number of nitro benzene ring substituents is 1. The quantitative estimate of drug-likeness (QED) is 0.373. The first-order chi connectivity index (χ1) is 14.1. The Kier molecular flexibility index (Phi) is 6.94. The SMILES string of the molecule is CN1CCC([C@@H]2C[C@@H](OS(C)(=O)=O)CN2C(=O)OCc2ccc([N+](=O)[O-])cc2)CC1. The van der Waals surface area contributed by atoms with Crippen LogP contribution in [0.15, 0.2) is 24.3 Å². The molecule has 11 heteroatoms. The van der Waals surface area contributed by atoms with Gasteiger partial charge in [-0.05, 0) is 63.0 Å². The molecule has 166 valence electrons. The molecular weight excluding hydrogens is 414 g/mol. The molecular formula is C19H27N3O7S. The third kappa shape index (κ3) is 5.89. The normalized spacial score (nSPS) is 23.5. The highest BCUT2D eigenvalue weighted by molar-refractivity contribution is 7.86. The number of hydrogen-bond acceptors (Lipinski definition) is 8. The second-order valence-electron chi connectivity index (χ2n) is 8.00. The van der Waals surface area contributed by atoms with Crippen molar-refractivity contribution >= 4 is 21.9 Å². The molecule has 0 spiro atoms. The zero-order valence-electron chi connectivity index (χ0n) is 17.1. The predicted molar refractivity (Wildman–Crippen MR) is 108 cm³/mol. The van der Waals surface area contributed by atoms with Crippen molar-refractivity contribution in [3.8, 4) is 0 Å². The number of rotatable bonds is 6. The summed E-state index contributed by atoms with van der Waals surface area (Å²) in [6.45, 7) is 1.98. The van der Waals surface area contributed by atoms with Crippen LogP contribution in [0.2, 0.25) is 0 Å². The molecule has 1 aromatic carbocycles. The Morgan fingerprint density at radius 2 is 1.87 bits per heavy atom. The summed E-state index contributed by atoms with van der Waals surface area (Å²) in [5, 5.41) is 10.7. The van der Waals surface area contributed by atoms with Crippen LogP contribution >= 0.6 is 0 Å². The summed E-state index contributed by atoms with van der Waals surface area (Å²) in [5.41, 5.74) is 0.598. The average Bonchev–Trinajstić information content (AvgIpc) is 3.09. The van der Waals surface area contributed by atoms with Crippen LogP contribution in [-0.2, 0) is 25.6 Å². The maximum atomic E-state index is 12.8. The first kappa shape index (κ1) is 22.4. The number of non-ortho nitro benzene ring substituents is 1. The zero-order chi connectivity index (χ0) is 21.9. The van der Waals surface area contributed by atoms with E-state index in [0.717, 1.165) is 32.2 Å². The third-order valence-electron chi connectivity index (χ3n) is 5.67. The molecule has 10 nitrogen and oxygen atoms in total. The lowest BCUT2D eigenvalue weighted by Crippen LogP contribution is -2.44. The molecule has 0 N–H and O–H groups in total. The van der Waals surface area contributed by atoms with Gasteiger partial charge in [0, 0.05) is 18.2 Å². The van der Waals surface area contributed by atoms with Crippen molar-refractivity contribution in [3.63, 3.8) is 0 Å². The number of ether oxygens (including phenoxy) is 1. The lowest BCUT2D eigenvalue weighted by molar-refractivity contribution is -0.384. The zero-order valence-corrected chi connectivity index (χ0v) is 17.9. The molecule has 2 saturated heterocycles. The van der Waals surface area contributed by atoms with E-state index in [1.807, 2.05) is 0 Å². The van der Waals surface area contributed by atoms with Crippen molar-refractivity contribution in [1.29, 1.82) is 0 Å². The summed E-state index contributed by atoms with van der Waals surface area (Å²) in [6.07, 6.45) is 2.17. The lowest BCUT2D eigenvalue weighted by atomic mass is 9.88. The van der Waals surface area contributed by atoms with Gasteiger partial charge in [0.1, 0.15) is 6.61 Å². The van der Waals surface area contributed by atoms with Crippen molar-refractivity contribution in [1.82, 2.24) is 9.80 Å². The van der Waals surface area contributed by atoms with E-state index in [2.05, 4.69) is 11.9 Å². The molecule has 0 saturated carbocycles. The second kappa shape index (κ2) is 9.27. The van der Waals surface area contributed by atoms with Gasteiger partial charge >= 0.3 is 6.09 Å². The van der Waals surface area contributed by atoms with E-state index in [-0.39, 0.29) is 30.8 Å². The highest BCUT2D eigenvalue weighted by Gasteiger charge is 2.42. The summed E-state index contributed by atoms with van der Waals surface area (Å²) in [5.74, 6) is 0.251. The molecule has 0 unspecified atom stereocenters. The molecule has 30 heavy (non-hydrogen) atoms. The minimum Gasteiger partial charge on any atom is -0.445 e. The van der Waals surface area contributed by atoms with Gasteiger partial charge in [-0.1, -0.05) is 0 Å². The van der Waals surface area contributed by atoms with Gasteiger partial charge in [0.05, 0.1) is 23.8 Å². The van der Waals surface area contributed by atoms with Crippen LogP contribution in [-0.4, -0.2) is 74.3 Å². The minimum absolute atomic E-state index is 0.0228. The van der Waals surface area contributed by atoms with Gasteiger partial charge in [-0.3, -0.25) is 14.3 Å². The number of nitro groups is 1. The van der Waals surface area contributed by atoms with Crippen LogP contribution < -0.4 is 0 Å². The molecule has 2 atom stereocenters. The number of carbonyl (C=O) groups is 1. The molecule has 0 radical (unpaired) electrons. The topological polar surface area (TPSA) is 119 Å². The molecule has 2 aliphatic rings. The first-order valence-corrected chi connectivity index (χ1v) is 11.7. The van der Waals surface area contributed by atoms with Crippen LogP contribution in [0.25, 0.3) is 0 Å². The van der Waals surface area contributed by atoms with Crippen molar-refractivity contribution in [3.05, 3.63) is 39.9 Å². The van der Waals surface area contributed by atoms with Crippen LogP contribution in [0.5, 0.6) is 0 Å². The molecule has 2 aliphatic heterocycles. The predicted octanol–water partition coefficient (Wildman–Crippen LogP) is 1.99. The van der Waals surface area contributed by atoms with Gasteiger partial charge in [-0.25, -0.2) is 4.79 Å². The maximum Gasteiger partial charge on any atom is 0.410 e. The number of carbonyl (C=O) groups excluding carboxylic acids is 1. The van der Waals surface area contributed by atoms with E-state index in [1.54, 1.807) is 17.0 Å². The van der Waals surface area contributed by atoms with Gasteiger partial charge in [0.25, 0.3) is 15.8 Å². The van der Waals surface area contributed by atoms with Crippen molar-refractivity contribution in [2.75, 3.05) is 32.9 Å². The third-order valence-corrected chi connectivity index (χ3v) is 6.29. The molecule has 1 aromatic rings. The largest absolute Gasteiger partial charge is 0.445 e. The van der Waals surface area contributed by atoms with Crippen molar-refractivity contribution in [2.24, 2.45) is 5.92 Å². The summed E-state index contributed by atoms with van der Waals surface area (Å²) >= 11 is 0. The van der Waals surface area contributed by atoms with Crippen LogP contribution in [0.1, 0.15) is 24.8 Å². The van der Waals surface area contributed by atoms with Gasteiger partial charge in [-0.2, -0.15) is 8.42 Å². The van der Waals surface area contributed by atoms with Crippen molar-refractivity contribution in [2.45, 2.75) is 38.0 Å². The fraction of sp³-hybridized carbons (Fsp3) is 0.632.